The molecule has 0 fully saturated rings. The number of hydrogen-bond acceptors (Lipinski definition) is 3. The summed E-state index contributed by atoms with van der Waals surface area (Å²) in [5.74, 6) is -1.18. The summed E-state index contributed by atoms with van der Waals surface area (Å²) in [6, 6.07) is 8.46. The Hall–Kier alpha value is -2.62. The van der Waals surface area contributed by atoms with Crippen LogP contribution in [0.3, 0.4) is 0 Å². The maximum atomic E-state index is 12.8. The largest absolute Gasteiger partial charge is 0.392 e. The average molecular weight is 319 g/mol. The summed E-state index contributed by atoms with van der Waals surface area (Å²) < 4.78 is 38.5. The van der Waals surface area contributed by atoms with Crippen molar-refractivity contribution in [1.29, 1.82) is 5.26 Å². The number of halogens is 3. The van der Waals surface area contributed by atoms with E-state index in [2.05, 4.69) is 9.97 Å². The third kappa shape index (κ3) is 2.97. The van der Waals surface area contributed by atoms with Gasteiger partial charge in [0.25, 0.3) is 5.56 Å². The molecule has 3 rings (SSSR count). The Morgan fingerprint density at radius 3 is 2.57 bits per heavy atom. The van der Waals surface area contributed by atoms with Crippen LogP contribution >= 0.6 is 0 Å². The van der Waals surface area contributed by atoms with Gasteiger partial charge in [-0.1, -0.05) is 0 Å². The molecule has 0 aliphatic heterocycles. The lowest BCUT2D eigenvalue weighted by molar-refractivity contribution is -0.177. The predicted octanol–water partition coefficient (Wildman–Crippen LogP) is 2.98. The second-order valence-corrected chi connectivity index (χ2v) is 5.51. The molecule has 1 heterocycles. The van der Waals surface area contributed by atoms with Crippen LogP contribution in [0.15, 0.2) is 29.1 Å². The number of H-pyrrole nitrogens is 1. The molecule has 4 nitrogen and oxygen atoms in total. The molecule has 0 amide bonds. The Kier molecular flexibility index (Phi) is 3.68. The molecule has 1 aliphatic carbocycles. The first kappa shape index (κ1) is 15.3. The van der Waals surface area contributed by atoms with Crippen molar-refractivity contribution in [2.24, 2.45) is 5.92 Å². The van der Waals surface area contributed by atoms with E-state index in [4.69, 9.17) is 5.26 Å². The van der Waals surface area contributed by atoms with E-state index in [-0.39, 0.29) is 24.8 Å². The number of aryl methyl sites for hydroxylation is 1. The van der Waals surface area contributed by atoms with E-state index in [9.17, 15) is 18.0 Å². The Morgan fingerprint density at radius 2 is 1.96 bits per heavy atom. The first-order chi connectivity index (χ1) is 10.9. The number of hydrogen-bond donors (Lipinski definition) is 1. The summed E-state index contributed by atoms with van der Waals surface area (Å²) in [5, 5.41) is 8.78. The number of nitrogens with zero attached hydrogens (tertiary/aromatic N) is 2. The van der Waals surface area contributed by atoms with Crippen LogP contribution in [0, 0.1) is 17.2 Å². The fraction of sp³-hybridized carbons (Fsp3) is 0.312. The SMILES string of the molecule is N#Cc1ccc(-c2nc3c(c(=O)[nH]2)CC(C(F)(F)F)CC3)cc1. The molecule has 1 N–H and O–H groups in total. The van der Waals surface area contributed by atoms with Gasteiger partial charge in [-0.2, -0.15) is 18.4 Å². The molecule has 1 aliphatic rings. The molecule has 23 heavy (non-hydrogen) atoms. The molecule has 1 aromatic carbocycles. The van der Waals surface area contributed by atoms with Crippen LogP contribution in [-0.4, -0.2) is 16.1 Å². The first-order valence-electron chi connectivity index (χ1n) is 7.08. The summed E-state index contributed by atoms with van der Waals surface area (Å²) in [6.07, 6.45) is -4.54. The number of rotatable bonds is 1. The molecule has 1 atom stereocenters. The Bertz CT molecular complexity index is 832. The molecule has 7 heteroatoms. The molecular weight excluding hydrogens is 307 g/mol. The predicted molar refractivity (Wildman–Crippen MR) is 76.6 cm³/mol. The van der Waals surface area contributed by atoms with Crippen LogP contribution in [-0.2, 0) is 12.8 Å². The maximum absolute atomic E-state index is 12.8. The van der Waals surface area contributed by atoms with Gasteiger partial charge in [-0.15, -0.1) is 0 Å². The lowest BCUT2D eigenvalue weighted by Crippen LogP contribution is -2.33. The van der Waals surface area contributed by atoms with Gasteiger partial charge >= 0.3 is 6.18 Å². The number of fused-ring (bicyclic) bond motifs is 1. The van der Waals surface area contributed by atoms with Crippen LogP contribution in [0.4, 0.5) is 13.2 Å². The minimum Gasteiger partial charge on any atom is -0.306 e. The molecule has 0 saturated carbocycles. The van der Waals surface area contributed by atoms with Gasteiger partial charge in [0.15, 0.2) is 0 Å². The minimum atomic E-state index is -4.30. The highest BCUT2D eigenvalue weighted by Gasteiger charge is 2.42. The second-order valence-electron chi connectivity index (χ2n) is 5.51. The molecular formula is C16H12F3N3O. The smallest absolute Gasteiger partial charge is 0.306 e. The van der Waals surface area contributed by atoms with Gasteiger partial charge in [-0.25, -0.2) is 4.98 Å². The van der Waals surface area contributed by atoms with E-state index in [1.165, 1.54) is 0 Å². The summed E-state index contributed by atoms with van der Waals surface area (Å²) in [6.45, 7) is 0. The number of alkyl halides is 3. The molecule has 0 radical (unpaired) electrons. The van der Waals surface area contributed by atoms with Crippen molar-refractivity contribution in [3.63, 3.8) is 0 Å². The zero-order valence-electron chi connectivity index (χ0n) is 11.9. The normalized spacial score (nSPS) is 17.4. The number of nitriles is 1. The molecule has 0 spiro atoms. The van der Waals surface area contributed by atoms with Crippen molar-refractivity contribution >= 4 is 0 Å². The van der Waals surface area contributed by atoms with Gasteiger partial charge in [0, 0.05) is 11.1 Å². The number of aromatic nitrogens is 2. The van der Waals surface area contributed by atoms with Crippen LogP contribution < -0.4 is 5.56 Å². The monoisotopic (exact) mass is 319 g/mol. The van der Waals surface area contributed by atoms with Gasteiger partial charge in [-0.05, 0) is 43.5 Å². The van der Waals surface area contributed by atoms with E-state index in [0.717, 1.165) is 0 Å². The van der Waals surface area contributed by atoms with Gasteiger partial charge in [0.2, 0.25) is 0 Å². The topological polar surface area (TPSA) is 69.5 Å². The quantitative estimate of drug-likeness (QED) is 0.878. The summed E-state index contributed by atoms with van der Waals surface area (Å²) in [4.78, 5) is 19.0. The highest BCUT2D eigenvalue weighted by Crippen LogP contribution is 2.35. The minimum absolute atomic E-state index is 0.0558. The Labute approximate surface area is 129 Å². The third-order valence-electron chi connectivity index (χ3n) is 4.03. The van der Waals surface area contributed by atoms with Gasteiger partial charge in [-0.3, -0.25) is 4.79 Å². The standard InChI is InChI=1S/C16H12F3N3O/c17-16(18,19)11-5-6-13-12(7-11)15(23)22-14(21-13)10-3-1-9(8-20)2-4-10/h1-4,11H,5-7H2,(H,21,22,23). The van der Waals surface area contributed by atoms with Crippen LogP contribution in [0.5, 0.6) is 0 Å². The van der Waals surface area contributed by atoms with Crippen molar-refractivity contribution in [1.82, 2.24) is 9.97 Å². The molecule has 2 aromatic rings. The van der Waals surface area contributed by atoms with Gasteiger partial charge in [0.1, 0.15) is 5.82 Å². The Balaban J connectivity index is 1.97. The van der Waals surface area contributed by atoms with Crippen LogP contribution in [0.1, 0.15) is 23.2 Å². The summed E-state index contributed by atoms with van der Waals surface area (Å²) >= 11 is 0. The molecule has 0 saturated heterocycles. The fourth-order valence-electron chi connectivity index (χ4n) is 2.74. The third-order valence-corrected chi connectivity index (χ3v) is 4.03. The van der Waals surface area contributed by atoms with E-state index < -0.39 is 17.7 Å². The zero-order chi connectivity index (χ0) is 16.6. The Morgan fingerprint density at radius 1 is 1.26 bits per heavy atom. The fourth-order valence-corrected chi connectivity index (χ4v) is 2.74. The summed E-state index contributed by atoms with van der Waals surface area (Å²) in [5.41, 5.74) is 1.11. The van der Waals surface area contributed by atoms with E-state index >= 15 is 0 Å². The maximum Gasteiger partial charge on any atom is 0.392 e. The summed E-state index contributed by atoms with van der Waals surface area (Å²) in [7, 11) is 0. The zero-order valence-corrected chi connectivity index (χ0v) is 11.9. The molecule has 118 valence electrons. The van der Waals surface area contributed by atoms with E-state index in [1.54, 1.807) is 24.3 Å². The van der Waals surface area contributed by atoms with Crippen LogP contribution in [0.2, 0.25) is 0 Å². The first-order valence-corrected chi connectivity index (χ1v) is 7.08. The molecule has 1 aromatic heterocycles. The number of benzene rings is 1. The lowest BCUT2D eigenvalue weighted by atomic mass is 9.86. The lowest BCUT2D eigenvalue weighted by Gasteiger charge is -2.25. The van der Waals surface area contributed by atoms with E-state index in [1.807, 2.05) is 6.07 Å². The van der Waals surface area contributed by atoms with Crippen molar-refractivity contribution < 1.29 is 13.2 Å². The highest BCUT2D eigenvalue weighted by molar-refractivity contribution is 5.56. The van der Waals surface area contributed by atoms with Crippen molar-refractivity contribution in [3.05, 3.63) is 51.4 Å². The molecule has 1 unspecified atom stereocenters. The second kappa shape index (κ2) is 5.54. The van der Waals surface area contributed by atoms with E-state index in [0.29, 0.717) is 22.6 Å². The van der Waals surface area contributed by atoms with Gasteiger partial charge < -0.3 is 4.98 Å². The number of aromatic amines is 1. The van der Waals surface area contributed by atoms with Crippen molar-refractivity contribution in [2.75, 3.05) is 0 Å². The van der Waals surface area contributed by atoms with Gasteiger partial charge in [0.05, 0.1) is 23.2 Å². The van der Waals surface area contributed by atoms with Crippen molar-refractivity contribution in [3.8, 4) is 17.5 Å². The average Bonchev–Trinajstić information content (AvgIpc) is 2.53. The number of nitrogens with one attached hydrogen (secondary N) is 1. The molecule has 0 bridgehead atoms. The van der Waals surface area contributed by atoms with Crippen molar-refractivity contribution in [2.45, 2.75) is 25.4 Å². The van der Waals surface area contributed by atoms with Crippen LogP contribution in [0.25, 0.3) is 11.4 Å². The highest BCUT2D eigenvalue weighted by atomic mass is 19.4.